The quantitative estimate of drug-likeness (QED) is 0.748. The largest absolute Gasteiger partial charge is 0.354 e. The van der Waals surface area contributed by atoms with Crippen molar-refractivity contribution >= 4 is 38.9 Å². The molecular weight excluding hydrogens is 419 g/mol. The predicted molar refractivity (Wildman–Crippen MR) is 113 cm³/mol. The molecule has 1 unspecified atom stereocenters. The highest BCUT2D eigenvalue weighted by atomic mass is 35.5. The van der Waals surface area contributed by atoms with E-state index >= 15 is 0 Å². The first kappa shape index (κ1) is 21.1. The van der Waals surface area contributed by atoms with E-state index in [4.69, 9.17) is 23.2 Å². The fourth-order valence-electron chi connectivity index (χ4n) is 3.31. The van der Waals surface area contributed by atoms with Crippen LogP contribution in [0, 0.1) is 0 Å². The fourth-order valence-corrected chi connectivity index (χ4v) is 4.95. The van der Waals surface area contributed by atoms with E-state index in [-0.39, 0.29) is 17.4 Å². The first-order valence-electron chi connectivity index (χ1n) is 9.07. The van der Waals surface area contributed by atoms with E-state index in [2.05, 4.69) is 5.32 Å². The second-order valence-electron chi connectivity index (χ2n) is 6.75. The summed E-state index contributed by atoms with van der Waals surface area (Å²) in [5, 5.41) is 3.95. The number of sulfone groups is 1. The third kappa shape index (κ3) is 5.26. The molecule has 1 saturated heterocycles. The number of carbonyl (C=O) groups is 1. The molecule has 2 aromatic rings. The molecule has 8 heteroatoms. The minimum atomic E-state index is -3.02. The summed E-state index contributed by atoms with van der Waals surface area (Å²) in [5.74, 6) is -0.00707. The first-order chi connectivity index (χ1) is 13.4. The molecule has 3 rings (SSSR count). The van der Waals surface area contributed by atoms with Gasteiger partial charge in [-0.1, -0.05) is 65.7 Å². The maximum atomic E-state index is 13.0. The lowest BCUT2D eigenvalue weighted by Gasteiger charge is -2.33. The van der Waals surface area contributed by atoms with E-state index < -0.39 is 15.9 Å². The van der Waals surface area contributed by atoms with Gasteiger partial charge in [0.05, 0.1) is 21.6 Å². The highest BCUT2D eigenvalue weighted by Crippen LogP contribution is 2.26. The summed E-state index contributed by atoms with van der Waals surface area (Å²) >= 11 is 12.2. The summed E-state index contributed by atoms with van der Waals surface area (Å²) in [6.07, 6.45) is 0.557. The average molecular weight is 441 g/mol. The lowest BCUT2D eigenvalue weighted by molar-refractivity contribution is -0.126. The second-order valence-corrected chi connectivity index (χ2v) is 9.84. The molecule has 0 aliphatic carbocycles. The van der Waals surface area contributed by atoms with Crippen molar-refractivity contribution in [3.05, 3.63) is 69.7 Å². The van der Waals surface area contributed by atoms with Crippen molar-refractivity contribution < 1.29 is 13.2 Å². The van der Waals surface area contributed by atoms with Crippen LogP contribution in [0.25, 0.3) is 0 Å². The summed E-state index contributed by atoms with van der Waals surface area (Å²) in [6.45, 7) is 1.10. The van der Waals surface area contributed by atoms with E-state index in [1.165, 1.54) is 0 Å². The van der Waals surface area contributed by atoms with Gasteiger partial charge >= 0.3 is 0 Å². The van der Waals surface area contributed by atoms with Gasteiger partial charge in [0, 0.05) is 19.6 Å². The molecule has 5 nitrogen and oxygen atoms in total. The lowest BCUT2D eigenvalue weighted by atomic mass is 10.0. The highest BCUT2D eigenvalue weighted by Gasteiger charge is 2.32. The Balaban J connectivity index is 1.69. The molecule has 2 aromatic carbocycles. The van der Waals surface area contributed by atoms with E-state index in [1.807, 2.05) is 47.4 Å². The van der Waals surface area contributed by atoms with Crippen LogP contribution in [0.4, 0.5) is 0 Å². The van der Waals surface area contributed by atoms with Crippen LogP contribution in [0.5, 0.6) is 0 Å². The Kier molecular flexibility index (Phi) is 6.99. The zero-order valence-electron chi connectivity index (χ0n) is 15.3. The van der Waals surface area contributed by atoms with Gasteiger partial charge in [-0.3, -0.25) is 9.69 Å². The molecule has 1 heterocycles. The van der Waals surface area contributed by atoms with Crippen LogP contribution in [-0.2, 0) is 21.1 Å². The van der Waals surface area contributed by atoms with Crippen LogP contribution in [0.15, 0.2) is 48.5 Å². The normalized spacial score (nSPS) is 17.8. The van der Waals surface area contributed by atoms with Crippen molar-refractivity contribution in [2.75, 3.05) is 31.1 Å². The summed E-state index contributed by atoms with van der Waals surface area (Å²) in [6, 6.07) is 14.3. The molecule has 1 atom stereocenters. The van der Waals surface area contributed by atoms with Gasteiger partial charge in [0.25, 0.3) is 0 Å². The van der Waals surface area contributed by atoms with Gasteiger partial charge in [0.15, 0.2) is 9.84 Å². The lowest BCUT2D eigenvalue weighted by Crippen LogP contribution is -2.47. The number of nitrogens with zero attached hydrogens (tertiary/aromatic N) is 1. The van der Waals surface area contributed by atoms with Gasteiger partial charge in [-0.2, -0.15) is 0 Å². The first-order valence-corrected chi connectivity index (χ1v) is 11.6. The van der Waals surface area contributed by atoms with Crippen molar-refractivity contribution in [1.82, 2.24) is 10.2 Å². The molecular formula is C20H22Cl2N2O3S. The monoisotopic (exact) mass is 440 g/mol. The van der Waals surface area contributed by atoms with Gasteiger partial charge in [0.1, 0.15) is 6.04 Å². The topological polar surface area (TPSA) is 66.5 Å². The maximum Gasteiger partial charge on any atom is 0.241 e. The summed E-state index contributed by atoms with van der Waals surface area (Å²) in [4.78, 5) is 14.9. The number of hydrogen-bond acceptors (Lipinski definition) is 4. The summed E-state index contributed by atoms with van der Waals surface area (Å²) < 4.78 is 23.5. The summed E-state index contributed by atoms with van der Waals surface area (Å²) in [5.41, 5.74) is 1.72. The van der Waals surface area contributed by atoms with Crippen molar-refractivity contribution in [1.29, 1.82) is 0 Å². The number of amides is 1. The van der Waals surface area contributed by atoms with E-state index in [0.717, 1.165) is 11.1 Å². The molecule has 0 saturated carbocycles. The van der Waals surface area contributed by atoms with Gasteiger partial charge in [0.2, 0.25) is 5.91 Å². The van der Waals surface area contributed by atoms with Crippen molar-refractivity contribution in [3.63, 3.8) is 0 Å². The summed E-state index contributed by atoms with van der Waals surface area (Å²) in [7, 11) is -3.02. The van der Waals surface area contributed by atoms with Crippen molar-refractivity contribution in [3.8, 4) is 0 Å². The third-order valence-electron chi connectivity index (χ3n) is 4.83. The molecule has 0 aromatic heterocycles. The Morgan fingerprint density at radius 1 is 1.04 bits per heavy atom. The van der Waals surface area contributed by atoms with Crippen LogP contribution >= 0.6 is 23.2 Å². The second kappa shape index (κ2) is 9.27. The van der Waals surface area contributed by atoms with E-state index in [9.17, 15) is 13.2 Å². The Morgan fingerprint density at radius 2 is 1.71 bits per heavy atom. The van der Waals surface area contributed by atoms with E-state index in [0.29, 0.717) is 36.1 Å². The molecule has 1 fully saturated rings. The third-order valence-corrected chi connectivity index (χ3v) is 7.30. The average Bonchev–Trinajstić information content (AvgIpc) is 2.67. The zero-order valence-corrected chi connectivity index (χ0v) is 17.6. The van der Waals surface area contributed by atoms with Gasteiger partial charge in [-0.15, -0.1) is 0 Å². The zero-order chi connectivity index (χ0) is 20.1. The van der Waals surface area contributed by atoms with Crippen molar-refractivity contribution in [2.45, 2.75) is 12.5 Å². The van der Waals surface area contributed by atoms with Crippen LogP contribution < -0.4 is 5.32 Å². The molecule has 0 radical (unpaired) electrons. The Hall–Kier alpha value is -1.60. The standard InChI is InChI=1S/C20H22Cl2N2O3S/c21-17-8-4-7-15(18(17)22)9-10-23-20(25)19(16-5-2-1-3-6-16)24-11-13-28(26,27)14-12-24/h1-8,19H,9-14H2,(H,23,25). The molecule has 1 aliphatic rings. The number of benzene rings is 2. The molecule has 0 spiro atoms. The SMILES string of the molecule is O=C(NCCc1cccc(Cl)c1Cl)C(c1ccccc1)N1CCS(=O)(=O)CC1. The highest BCUT2D eigenvalue weighted by molar-refractivity contribution is 7.91. The Morgan fingerprint density at radius 3 is 2.39 bits per heavy atom. The number of carbonyl (C=O) groups excluding carboxylic acids is 1. The van der Waals surface area contributed by atoms with Gasteiger partial charge in [-0.05, 0) is 23.6 Å². The maximum absolute atomic E-state index is 13.0. The number of halogens is 2. The number of nitrogens with one attached hydrogen (secondary N) is 1. The molecule has 28 heavy (non-hydrogen) atoms. The molecule has 1 amide bonds. The van der Waals surface area contributed by atoms with Crippen LogP contribution in [0.2, 0.25) is 10.0 Å². The van der Waals surface area contributed by atoms with Gasteiger partial charge in [-0.25, -0.2) is 8.42 Å². The van der Waals surface area contributed by atoms with Crippen LogP contribution in [-0.4, -0.2) is 50.4 Å². The van der Waals surface area contributed by atoms with Crippen molar-refractivity contribution in [2.24, 2.45) is 0 Å². The molecule has 1 N–H and O–H groups in total. The number of rotatable bonds is 6. The van der Waals surface area contributed by atoms with Crippen LogP contribution in [0.1, 0.15) is 17.2 Å². The van der Waals surface area contributed by atoms with E-state index in [1.54, 1.807) is 6.07 Å². The fraction of sp³-hybridized carbons (Fsp3) is 0.350. The smallest absolute Gasteiger partial charge is 0.241 e. The minimum Gasteiger partial charge on any atom is -0.354 e. The number of hydrogen-bond donors (Lipinski definition) is 1. The molecule has 150 valence electrons. The Bertz CT molecular complexity index is 922. The molecule has 0 bridgehead atoms. The minimum absolute atomic E-state index is 0.0712. The van der Waals surface area contributed by atoms with Gasteiger partial charge < -0.3 is 5.32 Å². The molecule has 1 aliphatic heterocycles. The van der Waals surface area contributed by atoms with Crippen LogP contribution in [0.3, 0.4) is 0 Å². The predicted octanol–water partition coefficient (Wildman–Crippen LogP) is 3.12. The Labute approximate surface area is 175 Å².